The van der Waals surface area contributed by atoms with Gasteiger partial charge in [0, 0.05) is 16.6 Å². The van der Waals surface area contributed by atoms with Crippen molar-refractivity contribution in [1.82, 2.24) is 9.55 Å². The Kier molecular flexibility index (Phi) is 6.28. The number of H-pyrrole nitrogens is 1. The second-order valence-corrected chi connectivity index (χ2v) is 9.99. The molecule has 182 valence electrons. The molecule has 0 unspecified atom stereocenters. The Bertz CT molecular complexity index is 1580. The van der Waals surface area contributed by atoms with Crippen LogP contribution in [0.25, 0.3) is 5.69 Å². The molecular formula is C28H25N3O4S. The zero-order chi connectivity index (χ0) is 25.4. The van der Waals surface area contributed by atoms with Gasteiger partial charge in [0.25, 0.3) is 5.56 Å². The fourth-order valence-electron chi connectivity index (χ4n) is 4.48. The number of nitrogens with zero attached hydrogens (tertiary/aromatic N) is 2. The molecule has 0 fully saturated rings. The molecule has 1 aliphatic heterocycles. The average molecular weight is 500 g/mol. The monoisotopic (exact) mass is 499 g/mol. The van der Waals surface area contributed by atoms with E-state index in [1.54, 1.807) is 31.0 Å². The first-order valence-electron chi connectivity index (χ1n) is 11.5. The van der Waals surface area contributed by atoms with E-state index in [-0.39, 0.29) is 10.8 Å². The number of aromatic hydroxyl groups is 1. The predicted molar refractivity (Wildman–Crippen MR) is 143 cm³/mol. The van der Waals surface area contributed by atoms with Crippen LogP contribution in [0.4, 0.5) is 5.69 Å². The second kappa shape index (κ2) is 9.54. The van der Waals surface area contributed by atoms with Gasteiger partial charge in [-0.25, -0.2) is 9.36 Å². The molecule has 4 aromatic rings. The van der Waals surface area contributed by atoms with E-state index in [0.717, 1.165) is 31.9 Å². The maximum Gasteiger partial charge on any atom is 0.335 e. The first-order chi connectivity index (χ1) is 17.3. The highest BCUT2D eigenvalue weighted by Crippen LogP contribution is 2.46. The number of benzene rings is 3. The number of ether oxygens (including phenoxy) is 1. The summed E-state index contributed by atoms with van der Waals surface area (Å²) in [5.41, 5.74) is 3.09. The molecule has 0 radical (unpaired) electrons. The van der Waals surface area contributed by atoms with Crippen molar-refractivity contribution >= 4 is 23.2 Å². The topological polar surface area (TPSA) is 96.7 Å². The lowest BCUT2D eigenvalue weighted by Gasteiger charge is -2.18. The molecule has 2 N–H and O–H groups in total. The third-order valence-electron chi connectivity index (χ3n) is 6.10. The molecule has 1 atom stereocenters. The van der Waals surface area contributed by atoms with Crippen LogP contribution in [-0.2, 0) is 0 Å². The van der Waals surface area contributed by atoms with Crippen molar-refractivity contribution < 1.29 is 9.84 Å². The Balaban J connectivity index is 1.69. The highest BCUT2D eigenvalue weighted by molar-refractivity contribution is 7.99. The zero-order valence-corrected chi connectivity index (χ0v) is 20.9. The van der Waals surface area contributed by atoms with E-state index < -0.39 is 17.1 Å². The standard InChI is InChI=1S/C28H25N3O4S/c1-16-12-17(2)14-19(13-16)31-27(33)25(26(32)30-28(31)34)22-15-24(18-8-10-20(35-3)11-9-18)36-23-7-5-4-6-21(23)29-22/h4-14,24,33H,15H2,1-3H3,(H,30,32,34)/t24-/m1/s1. The SMILES string of the molecule is COc1ccc([C@H]2CC(c3c(O)n(-c4cc(C)cc(C)c4)c(=O)[nH]c3=O)=Nc3ccccc3S2)cc1. The van der Waals surface area contributed by atoms with Crippen LogP contribution in [0.3, 0.4) is 0 Å². The highest BCUT2D eigenvalue weighted by atomic mass is 32.2. The average Bonchev–Trinajstić information content (AvgIpc) is 3.03. The maximum absolute atomic E-state index is 13.1. The van der Waals surface area contributed by atoms with Crippen molar-refractivity contribution in [1.29, 1.82) is 0 Å². The van der Waals surface area contributed by atoms with Gasteiger partial charge >= 0.3 is 5.69 Å². The molecule has 1 aromatic heterocycles. The summed E-state index contributed by atoms with van der Waals surface area (Å²) in [5, 5.41) is 11.3. The number of rotatable bonds is 4. The van der Waals surface area contributed by atoms with Gasteiger partial charge in [-0.1, -0.05) is 30.3 Å². The maximum atomic E-state index is 13.1. The molecule has 0 aliphatic carbocycles. The van der Waals surface area contributed by atoms with Crippen LogP contribution in [0, 0.1) is 13.8 Å². The van der Waals surface area contributed by atoms with Crippen LogP contribution < -0.4 is 16.0 Å². The Hall–Kier alpha value is -4.04. The minimum Gasteiger partial charge on any atom is -0.497 e. The summed E-state index contributed by atoms with van der Waals surface area (Å²) in [6.45, 7) is 3.82. The Morgan fingerprint density at radius 1 is 1.03 bits per heavy atom. The number of aromatic amines is 1. The number of methoxy groups -OCH3 is 1. The molecule has 0 spiro atoms. The quantitative estimate of drug-likeness (QED) is 0.402. The molecule has 2 heterocycles. The van der Waals surface area contributed by atoms with Crippen LogP contribution in [0.1, 0.15) is 33.9 Å². The number of hydrogen-bond acceptors (Lipinski definition) is 6. The second-order valence-electron chi connectivity index (χ2n) is 8.75. The van der Waals surface area contributed by atoms with Gasteiger partial charge in [-0.2, -0.15) is 0 Å². The molecule has 36 heavy (non-hydrogen) atoms. The van der Waals surface area contributed by atoms with E-state index in [1.165, 1.54) is 0 Å². The van der Waals surface area contributed by atoms with E-state index >= 15 is 0 Å². The molecule has 0 amide bonds. The van der Waals surface area contributed by atoms with E-state index in [4.69, 9.17) is 9.73 Å². The summed E-state index contributed by atoms with van der Waals surface area (Å²) in [6, 6.07) is 21.0. The Morgan fingerprint density at radius 3 is 2.42 bits per heavy atom. The Labute approximate surface area is 212 Å². The summed E-state index contributed by atoms with van der Waals surface area (Å²) in [6.07, 6.45) is 0.368. The number of aliphatic imine (C=N–C) groups is 1. The number of aryl methyl sites for hydroxylation is 2. The minimum absolute atomic E-state index is 0.00965. The van der Waals surface area contributed by atoms with Gasteiger partial charge in [-0.15, -0.1) is 11.8 Å². The number of hydrogen-bond donors (Lipinski definition) is 2. The molecule has 1 aliphatic rings. The fourth-order valence-corrected chi connectivity index (χ4v) is 5.71. The van der Waals surface area contributed by atoms with E-state index in [0.29, 0.717) is 23.5 Å². The number of fused-ring (bicyclic) bond motifs is 1. The van der Waals surface area contributed by atoms with Crippen LogP contribution in [0.5, 0.6) is 11.6 Å². The van der Waals surface area contributed by atoms with Gasteiger partial charge in [0.05, 0.1) is 24.2 Å². The summed E-state index contributed by atoms with van der Waals surface area (Å²) in [5.74, 6) is 0.326. The molecule has 7 nitrogen and oxygen atoms in total. The van der Waals surface area contributed by atoms with E-state index in [9.17, 15) is 14.7 Å². The number of thioether (sulfide) groups is 1. The number of para-hydroxylation sites is 1. The van der Waals surface area contributed by atoms with Crippen molar-refractivity contribution in [3.63, 3.8) is 0 Å². The highest BCUT2D eigenvalue weighted by Gasteiger charge is 2.27. The first-order valence-corrected chi connectivity index (χ1v) is 12.4. The molecule has 0 saturated heterocycles. The lowest BCUT2D eigenvalue weighted by Crippen LogP contribution is -2.33. The van der Waals surface area contributed by atoms with Crippen molar-refractivity contribution in [3.8, 4) is 17.3 Å². The first kappa shape index (κ1) is 23.7. The largest absolute Gasteiger partial charge is 0.497 e. The summed E-state index contributed by atoms with van der Waals surface area (Å²) < 4.78 is 6.43. The molecular weight excluding hydrogens is 474 g/mol. The smallest absolute Gasteiger partial charge is 0.335 e. The molecule has 0 bridgehead atoms. The molecule has 8 heteroatoms. The van der Waals surface area contributed by atoms with Gasteiger partial charge in [-0.3, -0.25) is 14.8 Å². The zero-order valence-electron chi connectivity index (χ0n) is 20.1. The van der Waals surface area contributed by atoms with Crippen LogP contribution in [-0.4, -0.2) is 27.5 Å². The summed E-state index contributed by atoms with van der Waals surface area (Å²) in [7, 11) is 1.62. The van der Waals surface area contributed by atoms with Gasteiger partial charge in [0.1, 0.15) is 11.3 Å². The lowest BCUT2D eigenvalue weighted by atomic mass is 10.0. The normalized spacial score (nSPS) is 15.1. The predicted octanol–water partition coefficient (Wildman–Crippen LogP) is 5.21. The van der Waals surface area contributed by atoms with Gasteiger partial charge < -0.3 is 9.84 Å². The van der Waals surface area contributed by atoms with Gasteiger partial charge in [-0.05, 0) is 66.9 Å². The molecule has 0 saturated carbocycles. The van der Waals surface area contributed by atoms with Gasteiger partial charge in [0.15, 0.2) is 0 Å². The fraction of sp³-hybridized carbons (Fsp3) is 0.179. The van der Waals surface area contributed by atoms with Crippen molar-refractivity contribution in [2.75, 3.05) is 7.11 Å². The summed E-state index contributed by atoms with van der Waals surface area (Å²) in [4.78, 5) is 34.1. The third-order valence-corrected chi connectivity index (χ3v) is 7.42. The molecule has 5 rings (SSSR count). The number of nitrogens with one attached hydrogen (secondary N) is 1. The lowest BCUT2D eigenvalue weighted by molar-refractivity contribution is 0.414. The van der Waals surface area contributed by atoms with E-state index in [1.807, 2.05) is 68.4 Å². The third kappa shape index (κ3) is 4.47. The molecule has 3 aromatic carbocycles. The van der Waals surface area contributed by atoms with Crippen molar-refractivity contribution in [2.24, 2.45) is 4.99 Å². The van der Waals surface area contributed by atoms with Crippen molar-refractivity contribution in [3.05, 3.63) is 110 Å². The van der Waals surface area contributed by atoms with Crippen LogP contribution >= 0.6 is 11.8 Å². The van der Waals surface area contributed by atoms with Gasteiger partial charge in [0.2, 0.25) is 5.88 Å². The van der Waals surface area contributed by atoms with Crippen molar-refractivity contribution in [2.45, 2.75) is 30.4 Å². The van der Waals surface area contributed by atoms with E-state index in [2.05, 4.69) is 4.98 Å². The number of aromatic nitrogens is 2. The van der Waals surface area contributed by atoms with Crippen LogP contribution in [0.2, 0.25) is 0 Å². The van der Waals surface area contributed by atoms with Crippen LogP contribution in [0.15, 0.2) is 86.2 Å². The summed E-state index contributed by atoms with van der Waals surface area (Å²) >= 11 is 1.64. The Morgan fingerprint density at radius 2 is 1.72 bits per heavy atom. The minimum atomic E-state index is -0.707.